The fraction of sp³-hybridized carbons (Fsp3) is 0.769. The summed E-state index contributed by atoms with van der Waals surface area (Å²) in [6.07, 6.45) is 3.37. The van der Waals surface area contributed by atoms with Crippen molar-refractivity contribution in [3.05, 3.63) is 10.6 Å². The van der Waals surface area contributed by atoms with E-state index in [1.54, 1.807) is 0 Å². The lowest BCUT2D eigenvalue weighted by atomic mass is 10.1. The highest BCUT2D eigenvalue weighted by Gasteiger charge is 2.17. The zero-order valence-electron chi connectivity index (χ0n) is 11.7. The molecule has 0 saturated heterocycles. The summed E-state index contributed by atoms with van der Waals surface area (Å²) in [5.74, 6) is 0. The molecule has 1 rings (SSSR count). The predicted octanol–water partition coefficient (Wildman–Crippen LogP) is 3.05. The Labute approximate surface area is 109 Å². The van der Waals surface area contributed by atoms with Crippen LogP contribution in [0.1, 0.15) is 44.2 Å². The summed E-state index contributed by atoms with van der Waals surface area (Å²) < 4.78 is 0. The van der Waals surface area contributed by atoms with Gasteiger partial charge in [0.05, 0.1) is 5.69 Å². The van der Waals surface area contributed by atoms with Crippen LogP contribution in [-0.2, 0) is 13.0 Å². The quantitative estimate of drug-likeness (QED) is 0.811. The van der Waals surface area contributed by atoms with Crippen LogP contribution in [-0.4, -0.2) is 25.1 Å². The summed E-state index contributed by atoms with van der Waals surface area (Å²) in [5, 5.41) is 4.39. The second-order valence-corrected chi connectivity index (χ2v) is 5.39. The summed E-state index contributed by atoms with van der Waals surface area (Å²) >= 11 is 1.83. The SMILES string of the molecule is CCc1nc(N(C)C(CC)CC)sc1CNC. The normalized spacial score (nSPS) is 11.2. The van der Waals surface area contributed by atoms with Gasteiger partial charge in [0.1, 0.15) is 0 Å². The highest BCUT2D eigenvalue weighted by molar-refractivity contribution is 7.15. The predicted molar refractivity (Wildman–Crippen MR) is 77.0 cm³/mol. The molecule has 17 heavy (non-hydrogen) atoms. The number of aromatic nitrogens is 1. The van der Waals surface area contributed by atoms with Crippen LogP contribution in [0.15, 0.2) is 0 Å². The lowest BCUT2D eigenvalue weighted by molar-refractivity contribution is 0.590. The molecule has 98 valence electrons. The molecule has 3 nitrogen and oxygen atoms in total. The highest BCUT2D eigenvalue weighted by Crippen LogP contribution is 2.28. The van der Waals surface area contributed by atoms with E-state index in [9.17, 15) is 0 Å². The van der Waals surface area contributed by atoms with Gasteiger partial charge in [0, 0.05) is 24.5 Å². The molecule has 0 saturated carbocycles. The minimum Gasteiger partial charge on any atom is -0.348 e. The van der Waals surface area contributed by atoms with Crippen molar-refractivity contribution in [2.24, 2.45) is 0 Å². The van der Waals surface area contributed by atoms with Gasteiger partial charge in [-0.25, -0.2) is 4.98 Å². The average Bonchev–Trinajstić information content (AvgIpc) is 2.74. The molecule has 0 radical (unpaired) electrons. The van der Waals surface area contributed by atoms with Gasteiger partial charge in [0.15, 0.2) is 5.13 Å². The summed E-state index contributed by atoms with van der Waals surface area (Å²) in [6.45, 7) is 7.59. The first-order valence-corrected chi connectivity index (χ1v) is 7.35. The molecule has 0 amide bonds. The number of hydrogen-bond donors (Lipinski definition) is 1. The smallest absolute Gasteiger partial charge is 0.185 e. The fourth-order valence-corrected chi connectivity index (χ4v) is 3.28. The van der Waals surface area contributed by atoms with Gasteiger partial charge in [0.25, 0.3) is 0 Å². The molecule has 0 fully saturated rings. The van der Waals surface area contributed by atoms with E-state index in [1.807, 2.05) is 18.4 Å². The maximum atomic E-state index is 4.77. The van der Waals surface area contributed by atoms with E-state index in [-0.39, 0.29) is 0 Å². The first-order valence-electron chi connectivity index (χ1n) is 6.53. The molecule has 1 aromatic rings. The van der Waals surface area contributed by atoms with E-state index in [0.717, 1.165) is 13.0 Å². The molecule has 0 spiro atoms. The summed E-state index contributed by atoms with van der Waals surface area (Å²) in [5.41, 5.74) is 1.25. The molecule has 0 aliphatic rings. The van der Waals surface area contributed by atoms with Crippen LogP contribution in [0.3, 0.4) is 0 Å². The van der Waals surface area contributed by atoms with Crippen LogP contribution >= 0.6 is 11.3 Å². The Bertz CT molecular complexity index is 331. The standard InChI is InChI=1S/C13H25N3S/c1-6-10(7-2)16(5)13-15-11(8-3)12(17-13)9-14-4/h10,14H,6-9H2,1-5H3. The van der Waals surface area contributed by atoms with E-state index in [0.29, 0.717) is 6.04 Å². The maximum absolute atomic E-state index is 4.77. The number of rotatable bonds is 7. The molecule has 0 aliphatic heterocycles. The van der Waals surface area contributed by atoms with Crippen LogP contribution < -0.4 is 10.2 Å². The molecule has 0 atom stereocenters. The Balaban J connectivity index is 2.90. The molecule has 1 aromatic heterocycles. The van der Waals surface area contributed by atoms with Crippen molar-refractivity contribution in [1.82, 2.24) is 10.3 Å². The van der Waals surface area contributed by atoms with Crippen molar-refractivity contribution in [2.75, 3.05) is 19.0 Å². The third-order valence-electron chi connectivity index (χ3n) is 3.23. The molecule has 4 heteroatoms. The molecule has 0 aliphatic carbocycles. The molecule has 0 bridgehead atoms. The zero-order valence-corrected chi connectivity index (χ0v) is 12.5. The van der Waals surface area contributed by atoms with Crippen molar-refractivity contribution in [2.45, 2.75) is 52.6 Å². The van der Waals surface area contributed by atoms with Crippen LogP contribution in [0, 0.1) is 0 Å². The van der Waals surface area contributed by atoms with Gasteiger partial charge >= 0.3 is 0 Å². The molecule has 0 aromatic carbocycles. The third-order valence-corrected chi connectivity index (χ3v) is 4.42. The fourth-order valence-electron chi connectivity index (χ4n) is 2.09. The third kappa shape index (κ3) is 3.42. The molecule has 0 unspecified atom stereocenters. The number of nitrogens with zero attached hydrogens (tertiary/aromatic N) is 2. The van der Waals surface area contributed by atoms with E-state index in [4.69, 9.17) is 4.98 Å². The molecular weight excluding hydrogens is 230 g/mol. The van der Waals surface area contributed by atoms with Gasteiger partial charge in [-0.2, -0.15) is 0 Å². The summed E-state index contributed by atoms with van der Waals surface area (Å²) in [4.78, 5) is 8.48. The van der Waals surface area contributed by atoms with E-state index < -0.39 is 0 Å². The van der Waals surface area contributed by atoms with Crippen LogP contribution in [0.2, 0.25) is 0 Å². The first kappa shape index (κ1) is 14.5. The second kappa shape index (κ2) is 6.97. The van der Waals surface area contributed by atoms with Gasteiger partial charge in [0.2, 0.25) is 0 Å². The van der Waals surface area contributed by atoms with Crippen LogP contribution in [0.5, 0.6) is 0 Å². The summed E-state index contributed by atoms with van der Waals surface area (Å²) in [6, 6.07) is 0.605. The minimum absolute atomic E-state index is 0.605. The molecule has 1 N–H and O–H groups in total. The topological polar surface area (TPSA) is 28.2 Å². The Kier molecular flexibility index (Phi) is 5.92. The largest absolute Gasteiger partial charge is 0.348 e. The number of anilines is 1. The Morgan fingerprint density at radius 1 is 1.29 bits per heavy atom. The first-order chi connectivity index (χ1) is 8.17. The van der Waals surface area contributed by atoms with Gasteiger partial charge in [-0.15, -0.1) is 11.3 Å². The van der Waals surface area contributed by atoms with E-state index in [2.05, 4.69) is 38.0 Å². The highest BCUT2D eigenvalue weighted by atomic mass is 32.1. The van der Waals surface area contributed by atoms with E-state index >= 15 is 0 Å². The maximum Gasteiger partial charge on any atom is 0.185 e. The monoisotopic (exact) mass is 255 g/mol. The van der Waals surface area contributed by atoms with Crippen molar-refractivity contribution >= 4 is 16.5 Å². The van der Waals surface area contributed by atoms with Gasteiger partial charge in [-0.3, -0.25) is 0 Å². The minimum atomic E-state index is 0.605. The number of aryl methyl sites for hydroxylation is 1. The number of hydrogen-bond acceptors (Lipinski definition) is 4. The van der Waals surface area contributed by atoms with Crippen molar-refractivity contribution < 1.29 is 0 Å². The van der Waals surface area contributed by atoms with Crippen LogP contribution in [0.4, 0.5) is 5.13 Å². The van der Waals surface area contributed by atoms with Gasteiger partial charge < -0.3 is 10.2 Å². The van der Waals surface area contributed by atoms with Crippen molar-refractivity contribution in [3.63, 3.8) is 0 Å². The Morgan fingerprint density at radius 2 is 1.94 bits per heavy atom. The van der Waals surface area contributed by atoms with Crippen molar-refractivity contribution in [3.8, 4) is 0 Å². The van der Waals surface area contributed by atoms with Crippen LogP contribution in [0.25, 0.3) is 0 Å². The lowest BCUT2D eigenvalue weighted by Crippen LogP contribution is -2.30. The van der Waals surface area contributed by atoms with Crippen molar-refractivity contribution in [1.29, 1.82) is 0 Å². The number of thiazole rings is 1. The Hall–Kier alpha value is -0.610. The van der Waals surface area contributed by atoms with E-state index in [1.165, 1.54) is 28.5 Å². The average molecular weight is 255 g/mol. The Morgan fingerprint density at radius 3 is 2.41 bits per heavy atom. The second-order valence-electron chi connectivity index (χ2n) is 4.33. The summed E-state index contributed by atoms with van der Waals surface area (Å²) in [7, 11) is 4.16. The lowest BCUT2D eigenvalue weighted by Gasteiger charge is -2.25. The number of nitrogens with one attached hydrogen (secondary N) is 1. The molecular formula is C13H25N3S. The van der Waals surface area contributed by atoms with Gasteiger partial charge in [-0.05, 0) is 26.3 Å². The molecule has 1 heterocycles. The zero-order chi connectivity index (χ0) is 12.8. The van der Waals surface area contributed by atoms with Gasteiger partial charge in [-0.1, -0.05) is 20.8 Å².